The van der Waals surface area contributed by atoms with E-state index in [9.17, 15) is 4.79 Å². The predicted molar refractivity (Wildman–Crippen MR) is 93.5 cm³/mol. The molecule has 1 aromatic carbocycles. The number of ether oxygens (including phenoxy) is 2. The van der Waals surface area contributed by atoms with Gasteiger partial charge in [0.05, 0.1) is 18.3 Å². The maximum atomic E-state index is 12.1. The van der Waals surface area contributed by atoms with Gasteiger partial charge in [-0.1, -0.05) is 18.2 Å². The summed E-state index contributed by atoms with van der Waals surface area (Å²) in [6.45, 7) is 0. The zero-order valence-electron chi connectivity index (χ0n) is 13.1. The lowest BCUT2D eigenvalue weighted by molar-refractivity contribution is 0.00299. The van der Waals surface area contributed by atoms with Crippen molar-refractivity contribution in [3.05, 3.63) is 48.3 Å². The Hall–Kier alpha value is -2.56. The van der Waals surface area contributed by atoms with Crippen molar-refractivity contribution in [2.75, 3.05) is 7.11 Å². The van der Waals surface area contributed by atoms with E-state index in [0.29, 0.717) is 18.5 Å². The van der Waals surface area contributed by atoms with Crippen molar-refractivity contribution in [2.24, 2.45) is 4.99 Å². The summed E-state index contributed by atoms with van der Waals surface area (Å²) in [5.41, 5.74) is 2.23. The molecule has 0 spiro atoms. The van der Waals surface area contributed by atoms with Gasteiger partial charge in [0, 0.05) is 24.6 Å². The third-order valence-corrected chi connectivity index (χ3v) is 4.08. The van der Waals surface area contributed by atoms with Gasteiger partial charge in [-0.15, -0.1) is 0 Å². The van der Waals surface area contributed by atoms with E-state index in [1.165, 1.54) is 0 Å². The number of nitrogens with zero attached hydrogens (tertiary/aromatic N) is 2. The van der Waals surface area contributed by atoms with Gasteiger partial charge in [0.1, 0.15) is 17.5 Å². The lowest BCUT2D eigenvalue weighted by Crippen LogP contribution is -2.36. The van der Waals surface area contributed by atoms with Crippen molar-refractivity contribution in [2.45, 2.75) is 25.0 Å². The lowest BCUT2D eigenvalue weighted by Gasteiger charge is -2.30. The van der Waals surface area contributed by atoms with Crippen LogP contribution in [-0.2, 0) is 4.74 Å². The molecular weight excluding hydrogens is 324 g/mol. The van der Waals surface area contributed by atoms with Crippen molar-refractivity contribution < 1.29 is 14.3 Å². The minimum atomic E-state index is -0.411. The number of thiocarbonyl (C=S) groups is 1. The molecule has 0 N–H and O–H groups in total. The average Bonchev–Trinajstić information content (AvgIpc) is 2.60. The third kappa shape index (κ3) is 3.67. The Morgan fingerprint density at radius 3 is 2.50 bits per heavy atom. The van der Waals surface area contributed by atoms with Crippen LogP contribution in [0.5, 0.6) is 5.75 Å². The van der Waals surface area contributed by atoms with Crippen LogP contribution in [0.1, 0.15) is 23.3 Å². The van der Waals surface area contributed by atoms with E-state index in [-0.39, 0.29) is 12.1 Å². The number of benzene rings is 1. The molecule has 0 unspecified atom stereocenters. The predicted octanol–water partition coefficient (Wildman–Crippen LogP) is 3.55. The molecule has 0 amide bonds. The first-order chi connectivity index (χ1) is 11.7. The second kappa shape index (κ2) is 7.34. The molecule has 1 aliphatic rings. The maximum Gasteiger partial charge on any atom is 0.357 e. The summed E-state index contributed by atoms with van der Waals surface area (Å²) in [7, 11) is 1.63. The van der Waals surface area contributed by atoms with Gasteiger partial charge in [-0.25, -0.2) is 14.8 Å². The van der Waals surface area contributed by atoms with Crippen LogP contribution in [0.15, 0.2) is 47.6 Å². The van der Waals surface area contributed by atoms with E-state index in [1.807, 2.05) is 30.3 Å². The molecule has 1 fully saturated rings. The Kier molecular flexibility index (Phi) is 4.99. The highest BCUT2D eigenvalue weighted by molar-refractivity contribution is 7.78. The second-order valence-corrected chi connectivity index (χ2v) is 5.72. The van der Waals surface area contributed by atoms with Crippen LogP contribution in [0.25, 0.3) is 11.1 Å². The minimum Gasteiger partial charge on any atom is -0.497 e. The van der Waals surface area contributed by atoms with Gasteiger partial charge >= 0.3 is 5.97 Å². The van der Waals surface area contributed by atoms with E-state index < -0.39 is 5.97 Å². The molecule has 2 aromatic rings. The molecule has 0 radical (unpaired) electrons. The van der Waals surface area contributed by atoms with Crippen LogP contribution < -0.4 is 4.74 Å². The summed E-state index contributed by atoms with van der Waals surface area (Å²) in [5, 5.41) is 2.35. The summed E-state index contributed by atoms with van der Waals surface area (Å²) in [5.74, 6) is 0.384. The summed E-state index contributed by atoms with van der Waals surface area (Å²) in [6.07, 6.45) is 2.94. The molecule has 3 rings (SSSR count). The van der Waals surface area contributed by atoms with Gasteiger partial charge < -0.3 is 9.47 Å². The van der Waals surface area contributed by atoms with E-state index in [2.05, 4.69) is 27.4 Å². The van der Waals surface area contributed by atoms with Crippen LogP contribution in [-0.4, -0.2) is 35.4 Å². The Labute approximate surface area is 145 Å². The normalized spacial score (nSPS) is 18.9. The standard InChI is InChI=1S/C18H16N2O3S/c1-22-15-5-2-12(3-6-15)13-4-7-17(19-10-13)18(21)23-16-8-14(9-16)20-11-24/h2-7,10,14,16H,8-9H2,1H3. The maximum absolute atomic E-state index is 12.1. The molecule has 0 aliphatic heterocycles. The summed E-state index contributed by atoms with van der Waals surface area (Å²) in [4.78, 5) is 20.2. The number of rotatable bonds is 5. The first kappa shape index (κ1) is 16.3. The topological polar surface area (TPSA) is 60.8 Å². The van der Waals surface area contributed by atoms with Gasteiger partial charge in [-0.05, 0) is 36.0 Å². The van der Waals surface area contributed by atoms with Crippen molar-refractivity contribution in [1.82, 2.24) is 4.98 Å². The van der Waals surface area contributed by atoms with Gasteiger partial charge in [0.2, 0.25) is 0 Å². The number of isothiocyanates is 1. The second-order valence-electron chi connectivity index (χ2n) is 5.53. The molecule has 5 nitrogen and oxygen atoms in total. The Bertz CT molecular complexity index is 762. The fourth-order valence-electron chi connectivity index (χ4n) is 2.49. The summed E-state index contributed by atoms with van der Waals surface area (Å²) < 4.78 is 10.5. The fraction of sp³-hybridized carbons (Fsp3) is 0.278. The number of carbonyl (C=O) groups is 1. The van der Waals surface area contributed by atoms with Crippen molar-refractivity contribution in [3.63, 3.8) is 0 Å². The highest BCUT2D eigenvalue weighted by Gasteiger charge is 2.32. The van der Waals surface area contributed by atoms with Gasteiger partial charge in [-0.2, -0.15) is 0 Å². The van der Waals surface area contributed by atoms with Crippen LogP contribution in [0.2, 0.25) is 0 Å². The number of aliphatic imine (C=N–C) groups is 1. The number of esters is 1. The lowest BCUT2D eigenvalue weighted by atomic mass is 9.90. The monoisotopic (exact) mass is 340 g/mol. The van der Waals surface area contributed by atoms with Crippen LogP contribution in [0.4, 0.5) is 0 Å². The third-order valence-electron chi connectivity index (χ3n) is 3.97. The molecule has 0 saturated heterocycles. The molecule has 122 valence electrons. The summed E-state index contributed by atoms with van der Waals surface area (Å²) >= 11 is 4.56. The van der Waals surface area contributed by atoms with Gasteiger partial charge in [0.15, 0.2) is 0 Å². The van der Waals surface area contributed by atoms with Crippen LogP contribution >= 0.6 is 12.2 Å². The molecule has 1 aromatic heterocycles. The zero-order chi connectivity index (χ0) is 16.9. The first-order valence-electron chi connectivity index (χ1n) is 7.58. The van der Waals surface area contributed by atoms with E-state index >= 15 is 0 Å². The molecule has 1 heterocycles. The largest absolute Gasteiger partial charge is 0.497 e. The highest BCUT2D eigenvalue weighted by atomic mass is 32.1. The number of carbonyl (C=O) groups excluding carboxylic acids is 1. The molecule has 1 saturated carbocycles. The van der Waals surface area contributed by atoms with E-state index in [1.54, 1.807) is 19.4 Å². The van der Waals surface area contributed by atoms with E-state index in [4.69, 9.17) is 9.47 Å². The Morgan fingerprint density at radius 2 is 1.92 bits per heavy atom. The van der Waals surface area contributed by atoms with Crippen molar-refractivity contribution in [1.29, 1.82) is 0 Å². The van der Waals surface area contributed by atoms with Crippen molar-refractivity contribution in [3.8, 4) is 16.9 Å². The van der Waals surface area contributed by atoms with Crippen molar-refractivity contribution >= 4 is 23.3 Å². The molecule has 0 atom stereocenters. The molecular formula is C18H16N2O3S. The molecule has 1 aliphatic carbocycles. The SMILES string of the molecule is COc1ccc(-c2ccc(C(=O)OC3CC(N=C=S)C3)nc2)cc1. The van der Waals surface area contributed by atoms with Crippen LogP contribution in [0, 0.1) is 0 Å². The smallest absolute Gasteiger partial charge is 0.357 e. The summed E-state index contributed by atoms with van der Waals surface area (Å²) in [6, 6.07) is 11.3. The van der Waals surface area contributed by atoms with E-state index in [0.717, 1.165) is 16.9 Å². The Morgan fingerprint density at radius 1 is 1.21 bits per heavy atom. The first-order valence-corrected chi connectivity index (χ1v) is 7.99. The molecule has 24 heavy (non-hydrogen) atoms. The minimum absolute atomic E-state index is 0.113. The number of hydrogen-bond donors (Lipinski definition) is 0. The number of hydrogen-bond acceptors (Lipinski definition) is 6. The average molecular weight is 340 g/mol. The Balaban J connectivity index is 1.61. The van der Waals surface area contributed by atoms with Gasteiger partial charge in [0.25, 0.3) is 0 Å². The number of pyridine rings is 1. The molecule has 6 heteroatoms. The fourth-order valence-corrected chi connectivity index (χ4v) is 2.64. The quantitative estimate of drug-likeness (QED) is 0.473. The number of aromatic nitrogens is 1. The van der Waals surface area contributed by atoms with Crippen LogP contribution in [0.3, 0.4) is 0 Å². The highest BCUT2D eigenvalue weighted by Crippen LogP contribution is 2.27. The molecule has 0 bridgehead atoms. The van der Waals surface area contributed by atoms with Gasteiger partial charge in [-0.3, -0.25) is 0 Å². The number of methoxy groups -OCH3 is 1. The zero-order valence-corrected chi connectivity index (χ0v) is 14.0.